The highest BCUT2D eigenvalue weighted by atomic mass is 16.2. The summed E-state index contributed by atoms with van der Waals surface area (Å²) >= 11 is 0. The van der Waals surface area contributed by atoms with Crippen LogP contribution in [0.4, 0.5) is 11.5 Å². The van der Waals surface area contributed by atoms with Gasteiger partial charge in [0.25, 0.3) is 0 Å². The molecule has 7 nitrogen and oxygen atoms in total. The zero-order valence-electron chi connectivity index (χ0n) is 19.4. The normalized spacial score (nSPS) is 18.2. The van der Waals surface area contributed by atoms with Crippen molar-refractivity contribution in [3.63, 3.8) is 0 Å². The predicted octanol–water partition coefficient (Wildman–Crippen LogP) is 4.78. The minimum absolute atomic E-state index is 0.265. The van der Waals surface area contributed by atoms with Crippen LogP contribution >= 0.6 is 0 Å². The van der Waals surface area contributed by atoms with Crippen molar-refractivity contribution in [3.05, 3.63) is 60.3 Å². The maximum atomic E-state index is 13.6. The highest BCUT2D eigenvalue weighted by Crippen LogP contribution is 2.42. The Balaban J connectivity index is 1.25. The van der Waals surface area contributed by atoms with Crippen molar-refractivity contribution >= 4 is 40.9 Å². The van der Waals surface area contributed by atoms with Crippen LogP contribution < -0.4 is 4.90 Å². The van der Waals surface area contributed by atoms with Crippen LogP contribution in [0.3, 0.4) is 0 Å². The molecular weight excluding hydrogens is 424 g/mol. The number of aliphatic imine (C=N–C) groups is 1. The van der Waals surface area contributed by atoms with E-state index in [4.69, 9.17) is 10.4 Å². The Morgan fingerprint density at radius 2 is 1.85 bits per heavy atom. The van der Waals surface area contributed by atoms with E-state index in [9.17, 15) is 4.79 Å². The van der Waals surface area contributed by atoms with Crippen molar-refractivity contribution in [3.8, 4) is 0 Å². The van der Waals surface area contributed by atoms with Crippen LogP contribution in [0.1, 0.15) is 37.7 Å². The first kappa shape index (κ1) is 22.2. The minimum atomic E-state index is -0.265. The second-order valence-electron chi connectivity index (χ2n) is 9.24. The Kier molecular flexibility index (Phi) is 6.34. The Morgan fingerprint density at radius 3 is 2.68 bits per heavy atom. The molecule has 3 aromatic rings. The van der Waals surface area contributed by atoms with E-state index in [1.54, 1.807) is 6.21 Å². The summed E-state index contributed by atoms with van der Waals surface area (Å²) in [5, 5.41) is 7.12. The number of hydrogen-bond donors (Lipinski definition) is 1. The Labute approximate surface area is 200 Å². The zero-order chi connectivity index (χ0) is 23.4. The molecule has 0 atom stereocenters. The van der Waals surface area contributed by atoms with Crippen LogP contribution in [-0.4, -0.2) is 52.8 Å². The van der Waals surface area contributed by atoms with Crippen LogP contribution in [0.5, 0.6) is 0 Å². The van der Waals surface area contributed by atoms with Gasteiger partial charge in [-0.1, -0.05) is 24.3 Å². The Hall–Kier alpha value is -3.61. The average Bonchev–Trinajstić information content (AvgIpc) is 2.88. The number of fused-ring (bicyclic) bond motifs is 1. The van der Waals surface area contributed by atoms with E-state index in [0.717, 1.165) is 73.4 Å². The number of carbonyl (C=O) groups excluding carboxylic acids is 1. The molecule has 1 spiro atoms. The van der Waals surface area contributed by atoms with E-state index in [0.29, 0.717) is 18.9 Å². The Bertz CT molecular complexity index is 1210. The lowest BCUT2D eigenvalue weighted by Crippen LogP contribution is -2.53. The molecule has 0 bridgehead atoms. The van der Waals surface area contributed by atoms with Gasteiger partial charge in [-0.25, -0.2) is 4.98 Å². The summed E-state index contributed by atoms with van der Waals surface area (Å²) in [6.45, 7) is 3.07. The Morgan fingerprint density at radius 1 is 1.03 bits per heavy atom. The second kappa shape index (κ2) is 9.71. The molecule has 174 valence electrons. The fraction of sp³-hybridized carbons (Fsp3) is 0.370. The maximum absolute atomic E-state index is 13.6. The summed E-state index contributed by atoms with van der Waals surface area (Å²) in [6.07, 6.45) is 9.16. The third-order valence-electron chi connectivity index (χ3n) is 7.05. The van der Waals surface area contributed by atoms with E-state index >= 15 is 0 Å². The van der Waals surface area contributed by atoms with E-state index in [1.807, 2.05) is 53.6 Å². The van der Waals surface area contributed by atoms with Crippen LogP contribution in [-0.2, 0) is 11.3 Å². The molecule has 1 aromatic heterocycles. The third-order valence-corrected chi connectivity index (χ3v) is 7.05. The quantitative estimate of drug-likeness (QED) is 0.543. The first-order valence-electron chi connectivity index (χ1n) is 12.0. The molecule has 2 fully saturated rings. The molecule has 2 saturated heterocycles. The smallest absolute Gasteiger partial charge is 0.229 e. The zero-order valence-corrected chi connectivity index (χ0v) is 19.4. The molecular formula is C27H30N6O. The highest BCUT2D eigenvalue weighted by Gasteiger charge is 2.45. The molecule has 2 aromatic carbocycles. The van der Waals surface area contributed by atoms with E-state index < -0.39 is 0 Å². The summed E-state index contributed by atoms with van der Waals surface area (Å²) in [4.78, 5) is 31.7. The van der Waals surface area contributed by atoms with Crippen LogP contribution in [0.2, 0.25) is 0 Å². The van der Waals surface area contributed by atoms with Gasteiger partial charge in [-0.3, -0.25) is 14.8 Å². The molecule has 0 radical (unpaired) electrons. The van der Waals surface area contributed by atoms with Gasteiger partial charge in [0.15, 0.2) is 0 Å². The lowest BCUT2D eigenvalue weighted by atomic mass is 9.71. The van der Waals surface area contributed by atoms with Crippen LogP contribution in [0.15, 0.2) is 59.7 Å². The third kappa shape index (κ3) is 4.55. The van der Waals surface area contributed by atoms with Gasteiger partial charge in [0, 0.05) is 45.0 Å². The lowest BCUT2D eigenvalue weighted by molar-refractivity contribution is -0.148. The highest BCUT2D eigenvalue weighted by molar-refractivity contribution is 5.84. The molecule has 2 aliphatic heterocycles. The van der Waals surface area contributed by atoms with Crippen LogP contribution in [0, 0.1) is 10.8 Å². The number of amides is 1. The maximum Gasteiger partial charge on any atom is 0.229 e. The number of rotatable bonds is 6. The van der Waals surface area contributed by atoms with Crippen molar-refractivity contribution in [2.24, 2.45) is 10.4 Å². The molecule has 5 rings (SSSR count). The number of likely N-dealkylation sites (tertiary alicyclic amines) is 1. The fourth-order valence-corrected chi connectivity index (χ4v) is 5.20. The SMILES string of the molecule is N=CCC=Nc1cccc(CN2CCCC3(CCN(c4cnc5ccccc5n4)CC3)C2=O)c1. The predicted molar refractivity (Wildman–Crippen MR) is 136 cm³/mol. The summed E-state index contributed by atoms with van der Waals surface area (Å²) in [5.41, 5.74) is 3.51. The van der Waals surface area contributed by atoms with Crippen molar-refractivity contribution in [1.82, 2.24) is 14.9 Å². The average molecular weight is 455 g/mol. The molecule has 1 amide bonds. The van der Waals surface area contributed by atoms with Gasteiger partial charge in [0.05, 0.1) is 28.3 Å². The number of anilines is 1. The van der Waals surface area contributed by atoms with Gasteiger partial charge in [-0.05, 0) is 55.5 Å². The number of nitrogens with zero attached hydrogens (tertiary/aromatic N) is 5. The van der Waals surface area contributed by atoms with Crippen LogP contribution in [0.25, 0.3) is 11.0 Å². The number of benzene rings is 2. The summed E-state index contributed by atoms with van der Waals surface area (Å²) < 4.78 is 0. The molecule has 0 unspecified atom stereocenters. The molecule has 3 heterocycles. The molecule has 34 heavy (non-hydrogen) atoms. The van der Waals surface area contributed by atoms with Crippen molar-refractivity contribution in [1.29, 1.82) is 5.41 Å². The lowest BCUT2D eigenvalue weighted by Gasteiger charge is -2.46. The second-order valence-corrected chi connectivity index (χ2v) is 9.24. The van der Waals surface area contributed by atoms with Crippen molar-refractivity contribution in [2.45, 2.75) is 38.6 Å². The number of piperidine rings is 2. The molecule has 1 N–H and O–H groups in total. The fourth-order valence-electron chi connectivity index (χ4n) is 5.20. The number of aromatic nitrogens is 2. The molecule has 2 aliphatic rings. The van der Waals surface area contributed by atoms with E-state index in [1.165, 1.54) is 6.21 Å². The van der Waals surface area contributed by atoms with Gasteiger partial charge in [0.1, 0.15) is 5.82 Å². The van der Waals surface area contributed by atoms with Gasteiger partial charge < -0.3 is 15.2 Å². The largest absolute Gasteiger partial charge is 0.355 e. The standard InChI is InChI=1S/C27H30N6O/c28-13-5-14-29-22-7-3-6-21(18-22)20-33-15-4-10-27(26(33)34)11-16-32(17-12-27)25-19-30-23-8-1-2-9-24(23)31-25/h1-3,6-9,13-14,18-19,28H,4-5,10-12,15-17,20H2. The van der Waals surface area contributed by atoms with Gasteiger partial charge in [-0.15, -0.1) is 0 Å². The summed E-state index contributed by atoms with van der Waals surface area (Å²) in [6, 6.07) is 16.0. The van der Waals surface area contributed by atoms with Gasteiger partial charge >= 0.3 is 0 Å². The van der Waals surface area contributed by atoms with Crippen molar-refractivity contribution in [2.75, 3.05) is 24.5 Å². The number of para-hydroxylation sites is 2. The van der Waals surface area contributed by atoms with Crippen molar-refractivity contribution < 1.29 is 4.79 Å². The van der Waals surface area contributed by atoms with Gasteiger partial charge in [-0.2, -0.15) is 0 Å². The molecule has 0 saturated carbocycles. The summed E-state index contributed by atoms with van der Waals surface area (Å²) in [5.74, 6) is 1.19. The summed E-state index contributed by atoms with van der Waals surface area (Å²) in [7, 11) is 0. The van der Waals surface area contributed by atoms with E-state index in [-0.39, 0.29) is 5.41 Å². The number of hydrogen-bond acceptors (Lipinski definition) is 6. The minimum Gasteiger partial charge on any atom is -0.355 e. The van der Waals surface area contributed by atoms with Gasteiger partial charge in [0.2, 0.25) is 5.91 Å². The first-order valence-corrected chi connectivity index (χ1v) is 12.0. The first-order chi connectivity index (χ1) is 16.7. The van der Waals surface area contributed by atoms with E-state index in [2.05, 4.69) is 20.9 Å². The number of nitrogens with one attached hydrogen (secondary N) is 1. The molecule has 0 aliphatic carbocycles. The molecule has 7 heteroatoms. The number of carbonyl (C=O) groups is 1. The monoisotopic (exact) mass is 454 g/mol. The topological polar surface area (TPSA) is 85.5 Å².